The highest BCUT2D eigenvalue weighted by Crippen LogP contribution is 2.65. The summed E-state index contributed by atoms with van der Waals surface area (Å²) in [5.74, 6) is 1.79. The molecule has 55 heavy (non-hydrogen) atoms. The van der Waals surface area contributed by atoms with Crippen LogP contribution in [0.15, 0.2) is 206 Å². The molecule has 1 atom stereocenters. The summed E-state index contributed by atoms with van der Waals surface area (Å²) in [5.41, 5.74) is 16.4. The van der Waals surface area contributed by atoms with Gasteiger partial charge in [0.05, 0.1) is 10.8 Å². The van der Waals surface area contributed by atoms with E-state index in [0.717, 1.165) is 11.5 Å². The highest BCUT2D eigenvalue weighted by Gasteiger charge is 2.53. The van der Waals surface area contributed by atoms with E-state index in [9.17, 15) is 0 Å². The van der Waals surface area contributed by atoms with Gasteiger partial charge in [0.1, 0.15) is 11.5 Å². The van der Waals surface area contributed by atoms with Gasteiger partial charge in [-0.3, -0.25) is 0 Å². The molecule has 256 valence electrons. The van der Waals surface area contributed by atoms with E-state index in [1.165, 1.54) is 88.7 Å². The molecule has 1 aliphatic heterocycles. The number of benzene rings is 9. The molecule has 2 aliphatic carbocycles. The summed E-state index contributed by atoms with van der Waals surface area (Å²) < 4.78 is 6.99. The Labute approximate surface area is 320 Å². The molecule has 9 aromatic carbocycles. The third-order valence-corrected chi connectivity index (χ3v) is 12.6. The lowest BCUT2D eigenvalue weighted by Crippen LogP contribution is -2.33. The van der Waals surface area contributed by atoms with Crippen LogP contribution in [0.3, 0.4) is 0 Å². The van der Waals surface area contributed by atoms with E-state index in [-0.39, 0.29) is 0 Å². The normalized spacial score (nSPS) is 16.4. The monoisotopic (exact) mass is 698 g/mol. The lowest BCUT2D eigenvalue weighted by Gasteiger charge is -2.41. The van der Waals surface area contributed by atoms with Crippen LogP contribution in [-0.2, 0) is 10.8 Å². The third-order valence-electron chi connectivity index (χ3n) is 12.6. The highest BCUT2D eigenvalue weighted by atomic mass is 16.5. The van der Waals surface area contributed by atoms with Gasteiger partial charge >= 0.3 is 0 Å². The van der Waals surface area contributed by atoms with Crippen molar-refractivity contribution in [1.82, 2.24) is 0 Å². The molecule has 9 aromatic rings. The Hall–Kier alpha value is -6.96. The molecule has 1 heterocycles. The summed E-state index contributed by atoms with van der Waals surface area (Å²) in [5, 5.41) is 2.49. The summed E-state index contributed by atoms with van der Waals surface area (Å²) in [4.78, 5) is 0. The molecule has 1 unspecified atom stereocenters. The van der Waals surface area contributed by atoms with Crippen molar-refractivity contribution in [1.29, 1.82) is 0 Å². The Morgan fingerprint density at radius 1 is 0.273 bits per heavy atom. The van der Waals surface area contributed by atoms with Gasteiger partial charge in [-0.15, -0.1) is 0 Å². The first kappa shape index (κ1) is 30.5. The Balaban J connectivity index is 1.24. The minimum Gasteiger partial charge on any atom is -0.457 e. The van der Waals surface area contributed by atoms with Crippen molar-refractivity contribution < 1.29 is 4.74 Å². The van der Waals surface area contributed by atoms with E-state index in [1.807, 2.05) is 0 Å². The van der Waals surface area contributed by atoms with Crippen LogP contribution in [-0.4, -0.2) is 0 Å². The van der Waals surface area contributed by atoms with Crippen LogP contribution in [0.4, 0.5) is 0 Å². The van der Waals surface area contributed by atoms with Crippen molar-refractivity contribution in [3.8, 4) is 44.9 Å². The topological polar surface area (TPSA) is 9.23 Å². The number of hydrogen-bond donors (Lipinski definition) is 0. The van der Waals surface area contributed by atoms with E-state index in [2.05, 4.69) is 206 Å². The maximum Gasteiger partial charge on any atom is 0.132 e. The van der Waals surface area contributed by atoms with Gasteiger partial charge in [-0.2, -0.15) is 0 Å². The maximum atomic E-state index is 6.99. The van der Waals surface area contributed by atoms with E-state index < -0.39 is 10.8 Å². The molecular weight excluding hydrogens is 665 g/mol. The molecule has 0 saturated carbocycles. The Kier molecular flexibility index (Phi) is 6.25. The standard InChI is InChI=1S/C54H34O/c1-2-19-37(20-3-1)53(45-27-11-9-24-41(45)43-33-35-17-4-5-18-36(35)34-49(43)53)44-26-10-8-23-40(44)42-25-16-32-51-52(42)54(48-30-14-15-31-50(48)55-51)46-28-12-6-21-38(46)39-22-7-13-29-47(39)54/h1-34H. The molecule has 12 rings (SSSR count). The number of para-hydroxylation sites is 1. The van der Waals surface area contributed by atoms with Crippen LogP contribution >= 0.6 is 0 Å². The van der Waals surface area contributed by atoms with Crippen LogP contribution in [0, 0.1) is 0 Å². The summed E-state index contributed by atoms with van der Waals surface area (Å²) in [7, 11) is 0. The molecule has 0 radical (unpaired) electrons. The largest absolute Gasteiger partial charge is 0.457 e. The third kappa shape index (κ3) is 3.87. The first-order valence-corrected chi connectivity index (χ1v) is 19.2. The minimum absolute atomic E-state index is 0.595. The molecule has 1 nitrogen and oxygen atoms in total. The highest BCUT2D eigenvalue weighted by molar-refractivity contribution is 5.98. The molecule has 0 N–H and O–H groups in total. The number of fused-ring (bicyclic) bond motifs is 13. The quantitative estimate of drug-likeness (QED) is 0.178. The number of hydrogen-bond acceptors (Lipinski definition) is 1. The summed E-state index contributed by atoms with van der Waals surface area (Å²) in [6, 6.07) is 76.4. The zero-order valence-corrected chi connectivity index (χ0v) is 30.0. The lowest BCUT2D eigenvalue weighted by molar-refractivity contribution is 0.437. The van der Waals surface area contributed by atoms with Crippen molar-refractivity contribution >= 4 is 10.8 Å². The molecule has 0 saturated heterocycles. The Bertz CT molecular complexity index is 2980. The fourth-order valence-corrected chi connectivity index (χ4v) is 10.6. The average Bonchev–Trinajstić information content (AvgIpc) is 3.71. The first-order chi connectivity index (χ1) is 27.3. The van der Waals surface area contributed by atoms with Crippen LogP contribution in [0.2, 0.25) is 0 Å². The second kappa shape index (κ2) is 11.3. The fourth-order valence-electron chi connectivity index (χ4n) is 10.6. The van der Waals surface area contributed by atoms with Crippen molar-refractivity contribution in [2.24, 2.45) is 0 Å². The molecule has 0 bridgehead atoms. The predicted octanol–water partition coefficient (Wildman–Crippen LogP) is 13.3. The van der Waals surface area contributed by atoms with Crippen LogP contribution < -0.4 is 4.74 Å². The molecule has 1 heteroatoms. The summed E-state index contributed by atoms with van der Waals surface area (Å²) in [6.07, 6.45) is 0. The van der Waals surface area contributed by atoms with Gasteiger partial charge in [0.25, 0.3) is 0 Å². The van der Waals surface area contributed by atoms with E-state index in [0.29, 0.717) is 0 Å². The van der Waals surface area contributed by atoms with E-state index in [1.54, 1.807) is 0 Å². The fraction of sp³-hybridized carbons (Fsp3) is 0.0370. The van der Waals surface area contributed by atoms with Gasteiger partial charge in [-0.05, 0) is 102 Å². The molecule has 0 amide bonds. The zero-order valence-electron chi connectivity index (χ0n) is 30.0. The van der Waals surface area contributed by atoms with Gasteiger partial charge in [-0.1, -0.05) is 182 Å². The minimum atomic E-state index is -0.595. The van der Waals surface area contributed by atoms with Gasteiger partial charge in [0.2, 0.25) is 0 Å². The predicted molar refractivity (Wildman–Crippen MR) is 224 cm³/mol. The second-order valence-electron chi connectivity index (χ2n) is 15.1. The van der Waals surface area contributed by atoms with E-state index in [4.69, 9.17) is 4.74 Å². The average molecular weight is 699 g/mol. The zero-order chi connectivity index (χ0) is 36.1. The van der Waals surface area contributed by atoms with Gasteiger partial charge in [0.15, 0.2) is 0 Å². The summed E-state index contributed by atoms with van der Waals surface area (Å²) in [6.45, 7) is 0. The van der Waals surface area contributed by atoms with Crippen LogP contribution in [0.1, 0.15) is 44.5 Å². The molecule has 0 fully saturated rings. The van der Waals surface area contributed by atoms with Gasteiger partial charge < -0.3 is 4.74 Å². The van der Waals surface area contributed by atoms with Crippen molar-refractivity contribution in [2.75, 3.05) is 0 Å². The second-order valence-corrected chi connectivity index (χ2v) is 15.1. The number of ether oxygens (including phenoxy) is 1. The SMILES string of the molecule is c1ccc(C2(c3ccccc3-c3cccc4c3C3(c5ccccc5O4)c4ccccc4-c4ccccc43)c3ccccc3-c3cc4ccccc4cc32)cc1. The molecular formula is C54H34O. The molecule has 0 aromatic heterocycles. The maximum absolute atomic E-state index is 6.99. The number of rotatable bonds is 3. The van der Waals surface area contributed by atoms with Gasteiger partial charge in [-0.25, -0.2) is 0 Å². The smallest absolute Gasteiger partial charge is 0.132 e. The van der Waals surface area contributed by atoms with Crippen molar-refractivity contribution in [3.63, 3.8) is 0 Å². The van der Waals surface area contributed by atoms with Gasteiger partial charge in [0, 0.05) is 11.1 Å². The first-order valence-electron chi connectivity index (χ1n) is 19.2. The van der Waals surface area contributed by atoms with Crippen LogP contribution in [0.5, 0.6) is 11.5 Å². The molecule has 1 spiro atoms. The Morgan fingerprint density at radius 2 is 0.709 bits per heavy atom. The molecule has 3 aliphatic rings. The van der Waals surface area contributed by atoms with Crippen molar-refractivity contribution in [2.45, 2.75) is 10.8 Å². The van der Waals surface area contributed by atoms with Crippen LogP contribution in [0.25, 0.3) is 44.2 Å². The lowest BCUT2D eigenvalue weighted by atomic mass is 9.62. The Morgan fingerprint density at radius 3 is 1.35 bits per heavy atom. The summed E-state index contributed by atoms with van der Waals surface area (Å²) >= 11 is 0. The van der Waals surface area contributed by atoms with Crippen molar-refractivity contribution in [3.05, 3.63) is 251 Å². The van der Waals surface area contributed by atoms with E-state index >= 15 is 0 Å².